The summed E-state index contributed by atoms with van der Waals surface area (Å²) in [6.45, 7) is 6.30. The maximum absolute atomic E-state index is 13.0. The number of nitrogens with zero attached hydrogens (tertiary/aromatic N) is 2. The summed E-state index contributed by atoms with van der Waals surface area (Å²) in [5.74, 6) is 0.159. The molecule has 1 aliphatic heterocycles. The smallest absolute Gasteiger partial charge is 0.264 e. The highest BCUT2D eigenvalue weighted by Crippen LogP contribution is 2.30. The van der Waals surface area contributed by atoms with Crippen LogP contribution in [0.4, 0.5) is 0 Å². The van der Waals surface area contributed by atoms with Gasteiger partial charge in [-0.1, -0.05) is 29.8 Å². The van der Waals surface area contributed by atoms with E-state index in [9.17, 15) is 9.59 Å². The Bertz CT molecular complexity index is 736. The molecule has 126 valence electrons. The molecular formula is C19H22N2O2S. The molecule has 0 spiro atoms. The van der Waals surface area contributed by atoms with Gasteiger partial charge in [0, 0.05) is 38.7 Å². The molecule has 3 rings (SSSR count). The van der Waals surface area contributed by atoms with Gasteiger partial charge in [-0.25, -0.2) is 0 Å². The Morgan fingerprint density at radius 2 is 1.62 bits per heavy atom. The number of carbonyl (C=O) groups is 2. The van der Waals surface area contributed by atoms with E-state index < -0.39 is 0 Å². The van der Waals surface area contributed by atoms with Gasteiger partial charge in [-0.05, 0) is 30.4 Å². The van der Waals surface area contributed by atoms with E-state index in [-0.39, 0.29) is 11.8 Å². The van der Waals surface area contributed by atoms with Crippen LogP contribution in [0.3, 0.4) is 0 Å². The largest absolute Gasteiger partial charge is 0.341 e. The predicted molar refractivity (Wildman–Crippen MR) is 97.3 cm³/mol. The van der Waals surface area contributed by atoms with Gasteiger partial charge in [0.25, 0.3) is 5.91 Å². The minimum absolute atomic E-state index is 0.0750. The van der Waals surface area contributed by atoms with Crippen molar-refractivity contribution in [3.63, 3.8) is 0 Å². The summed E-state index contributed by atoms with van der Waals surface area (Å²) >= 11 is 1.49. The summed E-state index contributed by atoms with van der Waals surface area (Å²) < 4.78 is 0. The van der Waals surface area contributed by atoms with E-state index in [0.717, 1.165) is 29.0 Å². The van der Waals surface area contributed by atoms with E-state index in [2.05, 4.69) is 31.2 Å². The summed E-state index contributed by atoms with van der Waals surface area (Å²) in [7, 11) is 0. The molecule has 0 saturated carbocycles. The lowest BCUT2D eigenvalue weighted by Crippen LogP contribution is -2.36. The van der Waals surface area contributed by atoms with E-state index in [4.69, 9.17) is 0 Å². The zero-order valence-corrected chi connectivity index (χ0v) is 14.9. The van der Waals surface area contributed by atoms with Gasteiger partial charge in [0.15, 0.2) is 0 Å². The molecule has 1 aliphatic rings. The van der Waals surface area contributed by atoms with Crippen molar-refractivity contribution in [3.05, 3.63) is 46.2 Å². The van der Waals surface area contributed by atoms with Crippen molar-refractivity contribution in [1.29, 1.82) is 0 Å². The van der Waals surface area contributed by atoms with Crippen molar-refractivity contribution in [2.75, 3.05) is 26.2 Å². The number of carbonyl (C=O) groups excluding carboxylic acids is 2. The highest BCUT2D eigenvalue weighted by molar-refractivity contribution is 7.12. The second-order valence-electron chi connectivity index (χ2n) is 6.18. The number of hydrogen-bond acceptors (Lipinski definition) is 3. The zero-order chi connectivity index (χ0) is 17.1. The molecule has 0 radical (unpaired) electrons. The monoisotopic (exact) mass is 342 g/mol. The molecule has 2 amide bonds. The lowest BCUT2D eigenvalue weighted by Gasteiger charge is -2.21. The van der Waals surface area contributed by atoms with Gasteiger partial charge in [0.05, 0.1) is 4.88 Å². The number of benzene rings is 1. The standard InChI is InChI=1S/C19H22N2O2S/c1-14-4-6-16(7-5-14)17-8-13-24-18(17)19(23)21-10-3-9-20(11-12-21)15(2)22/h4-8,13H,3,9-12H2,1-2H3. The normalized spacial score (nSPS) is 15.2. The minimum atomic E-state index is 0.0750. The van der Waals surface area contributed by atoms with E-state index in [1.165, 1.54) is 16.9 Å². The van der Waals surface area contributed by atoms with Crippen molar-refractivity contribution < 1.29 is 9.59 Å². The summed E-state index contributed by atoms with van der Waals surface area (Å²) in [5, 5.41) is 1.97. The molecule has 0 unspecified atom stereocenters. The van der Waals surface area contributed by atoms with E-state index >= 15 is 0 Å². The van der Waals surface area contributed by atoms with Gasteiger partial charge in [-0.3, -0.25) is 9.59 Å². The Morgan fingerprint density at radius 3 is 2.33 bits per heavy atom. The zero-order valence-electron chi connectivity index (χ0n) is 14.1. The van der Waals surface area contributed by atoms with Gasteiger partial charge in [0.1, 0.15) is 0 Å². The Balaban J connectivity index is 1.80. The number of amides is 2. The Hall–Kier alpha value is -2.14. The second kappa shape index (κ2) is 7.18. The summed E-state index contributed by atoms with van der Waals surface area (Å²) in [6.07, 6.45) is 0.830. The first kappa shape index (κ1) is 16.7. The second-order valence-corrected chi connectivity index (χ2v) is 7.10. The van der Waals surface area contributed by atoms with Gasteiger partial charge in [-0.2, -0.15) is 0 Å². The van der Waals surface area contributed by atoms with Gasteiger partial charge in [0.2, 0.25) is 5.91 Å². The lowest BCUT2D eigenvalue weighted by atomic mass is 10.0. The third-order valence-electron chi connectivity index (χ3n) is 4.45. The highest BCUT2D eigenvalue weighted by atomic mass is 32.1. The Labute approximate surface area is 146 Å². The number of aryl methyl sites for hydroxylation is 1. The molecule has 1 aromatic heterocycles. The molecule has 2 heterocycles. The molecule has 0 N–H and O–H groups in total. The van der Waals surface area contributed by atoms with Gasteiger partial charge >= 0.3 is 0 Å². The third-order valence-corrected chi connectivity index (χ3v) is 5.35. The van der Waals surface area contributed by atoms with Crippen LogP contribution in [0.5, 0.6) is 0 Å². The molecule has 4 nitrogen and oxygen atoms in total. The van der Waals surface area contributed by atoms with Crippen molar-refractivity contribution in [1.82, 2.24) is 9.80 Å². The topological polar surface area (TPSA) is 40.6 Å². The van der Waals surface area contributed by atoms with Crippen LogP contribution < -0.4 is 0 Å². The molecule has 24 heavy (non-hydrogen) atoms. The average molecular weight is 342 g/mol. The lowest BCUT2D eigenvalue weighted by molar-refractivity contribution is -0.128. The highest BCUT2D eigenvalue weighted by Gasteiger charge is 2.24. The van der Waals surface area contributed by atoms with Crippen molar-refractivity contribution >= 4 is 23.2 Å². The first-order valence-corrected chi connectivity index (χ1v) is 9.13. The summed E-state index contributed by atoms with van der Waals surface area (Å²) in [5.41, 5.74) is 3.28. The fraction of sp³-hybridized carbons (Fsp3) is 0.368. The maximum atomic E-state index is 13.0. The van der Waals surface area contributed by atoms with E-state index in [0.29, 0.717) is 19.6 Å². The molecule has 2 aromatic rings. The fourth-order valence-corrected chi connectivity index (χ4v) is 3.90. The number of thiophene rings is 1. The van der Waals surface area contributed by atoms with Gasteiger partial charge in [-0.15, -0.1) is 11.3 Å². The quantitative estimate of drug-likeness (QED) is 0.839. The molecule has 1 aromatic carbocycles. The Kier molecular flexibility index (Phi) is 5.00. The molecule has 5 heteroatoms. The molecule has 0 bridgehead atoms. The van der Waals surface area contributed by atoms with Crippen molar-refractivity contribution in [3.8, 4) is 11.1 Å². The van der Waals surface area contributed by atoms with Gasteiger partial charge < -0.3 is 9.80 Å². The van der Waals surface area contributed by atoms with Crippen LogP contribution in [0.1, 0.15) is 28.6 Å². The number of rotatable bonds is 2. The van der Waals surface area contributed by atoms with Crippen LogP contribution in [0.15, 0.2) is 35.7 Å². The third kappa shape index (κ3) is 3.51. The summed E-state index contributed by atoms with van der Waals surface area (Å²) in [6, 6.07) is 10.3. The van der Waals surface area contributed by atoms with E-state index in [1.807, 2.05) is 21.2 Å². The average Bonchev–Trinajstić information content (AvgIpc) is 2.91. The maximum Gasteiger partial charge on any atom is 0.264 e. The molecule has 1 fully saturated rings. The molecular weight excluding hydrogens is 320 g/mol. The van der Waals surface area contributed by atoms with Crippen LogP contribution in [0, 0.1) is 6.92 Å². The SMILES string of the molecule is CC(=O)N1CCCN(C(=O)c2sccc2-c2ccc(C)cc2)CC1. The van der Waals surface area contributed by atoms with Crippen LogP contribution in [0.25, 0.3) is 11.1 Å². The van der Waals surface area contributed by atoms with Crippen LogP contribution in [-0.2, 0) is 4.79 Å². The molecule has 1 saturated heterocycles. The number of hydrogen-bond donors (Lipinski definition) is 0. The van der Waals surface area contributed by atoms with Crippen molar-refractivity contribution in [2.24, 2.45) is 0 Å². The molecule has 0 aliphatic carbocycles. The predicted octanol–water partition coefficient (Wildman–Crippen LogP) is 3.42. The summed E-state index contributed by atoms with van der Waals surface area (Å²) in [4.78, 5) is 29.0. The first-order valence-electron chi connectivity index (χ1n) is 8.25. The van der Waals surface area contributed by atoms with E-state index in [1.54, 1.807) is 6.92 Å². The first-order chi connectivity index (χ1) is 11.6. The van der Waals surface area contributed by atoms with Crippen LogP contribution >= 0.6 is 11.3 Å². The minimum Gasteiger partial charge on any atom is -0.341 e. The fourth-order valence-electron chi connectivity index (χ4n) is 3.01. The Morgan fingerprint density at radius 1 is 0.958 bits per heavy atom. The van der Waals surface area contributed by atoms with Crippen LogP contribution in [-0.4, -0.2) is 47.8 Å². The van der Waals surface area contributed by atoms with Crippen LogP contribution in [0.2, 0.25) is 0 Å². The van der Waals surface area contributed by atoms with Crippen molar-refractivity contribution in [2.45, 2.75) is 20.3 Å². The molecule has 0 atom stereocenters.